The van der Waals surface area contributed by atoms with Gasteiger partial charge in [-0.2, -0.15) is 0 Å². The van der Waals surface area contributed by atoms with Gasteiger partial charge in [0.05, 0.1) is 0 Å². The first-order valence-corrected chi connectivity index (χ1v) is 8.26. The molecular formula is C18H21N3O4. The summed E-state index contributed by atoms with van der Waals surface area (Å²) >= 11 is 0. The summed E-state index contributed by atoms with van der Waals surface area (Å²) in [6.07, 6.45) is 1.41. The summed E-state index contributed by atoms with van der Waals surface area (Å²) in [7, 11) is 0. The van der Waals surface area contributed by atoms with Crippen LogP contribution in [0.1, 0.15) is 24.2 Å². The molecule has 132 valence electrons. The number of aryl methyl sites for hydroxylation is 2. The van der Waals surface area contributed by atoms with Crippen LogP contribution in [0.3, 0.4) is 0 Å². The van der Waals surface area contributed by atoms with Crippen molar-refractivity contribution in [3.8, 4) is 5.75 Å². The molecule has 7 heteroatoms. The van der Waals surface area contributed by atoms with Gasteiger partial charge in [0, 0.05) is 12.6 Å². The van der Waals surface area contributed by atoms with Crippen molar-refractivity contribution in [2.75, 3.05) is 18.5 Å². The summed E-state index contributed by atoms with van der Waals surface area (Å²) in [6.45, 7) is 4.19. The maximum Gasteiger partial charge on any atom is 0.261 e. The number of hydrogen-bond donors (Lipinski definition) is 1. The number of amides is 2. The van der Waals surface area contributed by atoms with E-state index >= 15 is 0 Å². The van der Waals surface area contributed by atoms with Gasteiger partial charge >= 0.3 is 0 Å². The van der Waals surface area contributed by atoms with Crippen LogP contribution < -0.4 is 10.1 Å². The van der Waals surface area contributed by atoms with Crippen molar-refractivity contribution in [3.05, 3.63) is 41.7 Å². The maximum absolute atomic E-state index is 12.4. The van der Waals surface area contributed by atoms with E-state index in [4.69, 9.17) is 9.26 Å². The minimum Gasteiger partial charge on any atom is -0.484 e. The van der Waals surface area contributed by atoms with E-state index in [1.54, 1.807) is 17.9 Å². The average molecular weight is 343 g/mol. The van der Waals surface area contributed by atoms with Crippen LogP contribution in [0.5, 0.6) is 5.75 Å². The summed E-state index contributed by atoms with van der Waals surface area (Å²) in [6, 6.07) is 8.62. The van der Waals surface area contributed by atoms with Crippen LogP contribution in [0.25, 0.3) is 0 Å². The number of nitrogens with zero attached hydrogens (tertiary/aromatic N) is 2. The van der Waals surface area contributed by atoms with E-state index in [1.807, 2.05) is 31.2 Å². The van der Waals surface area contributed by atoms with Crippen LogP contribution in [-0.4, -0.2) is 41.1 Å². The second-order valence-corrected chi connectivity index (χ2v) is 6.16. The van der Waals surface area contributed by atoms with Crippen molar-refractivity contribution in [2.45, 2.75) is 32.7 Å². The highest BCUT2D eigenvalue weighted by atomic mass is 16.5. The fourth-order valence-corrected chi connectivity index (χ4v) is 2.84. The Hall–Kier alpha value is -2.83. The van der Waals surface area contributed by atoms with Crippen LogP contribution in [0.4, 0.5) is 5.82 Å². The number of likely N-dealkylation sites (tertiary alicyclic amines) is 1. The van der Waals surface area contributed by atoms with E-state index in [1.165, 1.54) is 0 Å². The lowest BCUT2D eigenvalue weighted by atomic mass is 10.2. The Kier molecular flexibility index (Phi) is 5.02. The van der Waals surface area contributed by atoms with Crippen molar-refractivity contribution < 1.29 is 18.8 Å². The summed E-state index contributed by atoms with van der Waals surface area (Å²) < 4.78 is 10.5. The molecule has 0 unspecified atom stereocenters. The standard InChI is InChI=1S/C18H21N3O4/c1-12-5-7-14(8-6-12)24-11-17(22)21-9-3-4-15(21)18(23)19-16-10-13(2)25-20-16/h5-8,10,15H,3-4,9,11H2,1-2H3,(H,19,20,23)/t15-/m1/s1. The van der Waals surface area contributed by atoms with E-state index in [-0.39, 0.29) is 18.4 Å². The molecule has 1 saturated heterocycles. The highest BCUT2D eigenvalue weighted by Crippen LogP contribution is 2.20. The molecule has 2 aromatic rings. The molecule has 7 nitrogen and oxygen atoms in total. The number of nitrogens with one attached hydrogen (secondary N) is 1. The Bertz CT molecular complexity index is 754. The van der Waals surface area contributed by atoms with Crippen molar-refractivity contribution in [3.63, 3.8) is 0 Å². The predicted octanol–water partition coefficient (Wildman–Crippen LogP) is 2.30. The fourth-order valence-electron chi connectivity index (χ4n) is 2.84. The Balaban J connectivity index is 1.57. The number of aromatic nitrogens is 1. The number of hydrogen-bond acceptors (Lipinski definition) is 5. The normalized spacial score (nSPS) is 16.7. The monoisotopic (exact) mass is 343 g/mol. The molecule has 2 amide bonds. The first-order valence-electron chi connectivity index (χ1n) is 8.26. The third-order valence-corrected chi connectivity index (χ3v) is 4.14. The lowest BCUT2D eigenvalue weighted by Crippen LogP contribution is -2.45. The zero-order chi connectivity index (χ0) is 17.8. The van der Waals surface area contributed by atoms with Gasteiger partial charge in [0.1, 0.15) is 17.6 Å². The Morgan fingerprint density at radius 3 is 2.76 bits per heavy atom. The van der Waals surface area contributed by atoms with Gasteiger partial charge in [-0.15, -0.1) is 0 Å². The fraction of sp³-hybridized carbons (Fsp3) is 0.389. The number of ether oxygens (including phenoxy) is 1. The predicted molar refractivity (Wildman–Crippen MR) is 91.3 cm³/mol. The van der Waals surface area contributed by atoms with E-state index in [0.29, 0.717) is 30.3 Å². The van der Waals surface area contributed by atoms with Crippen molar-refractivity contribution in [1.29, 1.82) is 0 Å². The molecule has 0 aliphatic carbocycles. The maximum atomic E-state index is 12.4. The number of anilines is 1. The molecule has 1 fully saturated rings. The third-order valence-electron chi connectivity index (χ3n) is 4.14. The Labute approximate surface area is 145 Å². The van der Waals surface area contributed by atoms with Crippen LogP contribution in [0, 0.1) is 13.8 Å². The van der Waals surface area contributed by atoms with E-state index in [2.05, 4.69) is 10.5 Å². The highest BCUT2D eigenvalue weighted by Gasteiger charge is 2.34. The average Bonchev–Trinajstić information content (AvgIpc) is 3.23. The Morgan fingerprint density at radius 1 is 1.32 bits per heavy atom. The second kappa shape index (κ2) is 7.38. The van der Waals surface area contributed by atoms with Gasteiger partial charge in [0.25, 0.3) is 5.91 Å². The van der Waals surface area contributed by atoms with E-state index in [0.717, 1.165) is 12.0 Å². The minimum atomic E-state index is -0.508. The van der Waals surface area contributed by atoms with Gasteiger partial charge in [-0.25, -0.2) is 0 Å². The number of carbonyl (C=O) groups excluding carboxylic acids is 2. The topological polar surface area (TPSA) is 84.7 Å². The van der Waals surface area contributed by atoms with Crippen LogP contribution in [0.2, 0.25) is 0 Å². The molecule has 1 atom stereocenters. The first-order chi connectivity index (χ1) is 12.0. The summed E-state index contributed by atoms with van der Waals surface area (Å²) in [5.41, 5.74) is 1.12. The lowest BCUT2D eigenvalue weighted by Gasteiger charge is -2.23. The minimum absolute atomic E-state index is 0.0874. The van der Waals surface area contributed by atoms with Gasteiger partial charge in [-0.05, 0) is 38.8 Å². The highest BCUT2D eigenvalue weighted by molar-refractivity contribution is 5.97. The van der Waals surface area contributed by atoms with E-state index < -0.39 is 6.04 Å². The Morgan fingerprint density at radius 2 is 2.08 bits per heavy atom. The largest absolute Gasteiger partial charge is 0.484 e. The van der Waals surface area contributed by atoms with Crippen LogP contribution in [0.15, 0.2) is 34.9 Å². The molecular weight excluding hydrogens is 322 g/mol. The van der Waals surface area contributed by atoms with Gasteiger partial charge in [-0.1, -0.05) is 22.9 Å². The van der Waals surface area contributed by atoms with Crippen molar-refractivity contribution in [1.82, 2.24) is 10.1 Å². The van der Waals surface area contributed by atoms with Crippen LogP contribution in [-0.2, 0) is 9.59 Å². The zero-order valence-electron chi connectivity index (χ0n) is 14.3. The molecule has 1 aromatic carbocycles. The summed E-state index contributed by atoms with van der Waals surface area (Å²) in [5, 5.41) is 6.44. The quantitative estimate of drug-likeness (QED) is 0.900. The van der Waals surface area contributed by atoms with Crippen molar-refractivity contribution in [2.24, 2.45) is 0 Å². The molecule has 1 aliphatic rings. The number of benzene rings is 1. The van der Waals surface area contributed by atoms with Crippen LogP contribution >= 0.6 is 0 Å². The molecule has 2 heterocycles. The molecule has 0 spiro atoms. The number of carbonyl (C=O) groups is 2. The summed E-state index contributed by atoms with van der Waals surface area (Å²) in [4.78, 5) is 26.4. The van der Waals surface area contributed by atoms with Gasteiger partial charge in [0.15, 0.2) is 12.4 Å². The van der Waals surface area contributed by atoms with E-state index in [9.17, 15) is 9.59 Å². The second-order valence-electron chi connectivity index (χ2n) is 6.16. The number of rotatable bonds is 5. The van der Waals surface area contributed by atoms with Crippen molar-refractivity contribution >= 4 is 17.6 Å². The first kappa shape index (κ1) is 17.0. The molecule has 25 heavy (non-hydrogen) atoms. The zero-order valence-corrected chi connectivity index (χ0v) is 14.3. The molecule has 1 aromatic heterocycles. The molecule has 1 N–H and O–H groups in total. The SMILES string of the molecule is Cc1ccc(OCC(=O)N2CCC[C@@H]2C(=O)Nc2cc(C)on2)cc1. The molecule has 1 aliphatic heterocycles. The molecule has 0 bridgehead atoms. The molecule has 0 saturated carbocycles. The van der Waals surface area contributed by atoms with Gasteiger partial charge in [0.2, 0.25) is 5.91 Å². The molecule has 3 rings (SSSR count). The summed E-state index contributed by atoms with van der Waals surface area (Å²) in [5.74, 6) is 1.15. The van der Waals surface area contributed by atoms with Gasteiger partial charge in [-0.3, -0.25) is 9.59 Å². The smallest absolute Gasteiger partial charge is 0.261 e. The lowest BCUT2D eigenvalue weighted by molar-refractivity contribution is -0.138. The molecule has 0 radical (unpaired) electrons. The third kappa shape index (κ3) is 4.17. The van der Waals surface area contributed by atoms with Gasteiger partial charge < -0.3 is 19.5 Å².